The third-order valence-corrected chi connectivity index (χ3v) is 1.75. The van der Waals surface area contributed by atoms with Crippen LogP contribution in [-0.2, 0) is 0 Å². The lowest BCUT2D eigenvalue weighted by molar-refractivity contribution is 0.317. The van der Waals surface area contributed by atoms with E-state index in [0.717, 1.165) is 0 Å². The van der Waals surface area contributed by atoms with E-state index >= 15 is 0 Å². The van der Waals surface area contributed by atoms with Crippen LogP contribution in [0.4, 0.5) is 10.1 Å². The van der Waals surface area contributed by atoms with Crippen molar-refractivity contribution in [1.29, 1.82) is 0 Å². The smallest absolute Gasteiger partial charge is 0.158 e. The monoisotopic (exact) mass is 213 g/mol. The van der Waals surface area contributed by atoms with Gasteiger partial charge in [0.1, 0.15) is 11.6 Å². The van der Waals surface area contributed by atoms with Crippen LogP contribution in [0, 0.1) is 5.82 Å². The van der Waals surface area contributed by atoms with Crippen LogP contribution in [-0.4, -0.2) is 24.7 Å². The summed E-state index contributed by atoms with van der Waals surface area (Å²) < 4.78 is 17.7. The normalized spacial score (nSPS) is 11.2. The van der Waals surface area contributed by atoms with Crippen LogP contribution in [0.3, 0.4) is 0 Å². The summed E-state index contributed by atoms with van der Waals surface area (Å²) in [5.74, 6) is 0.00307. The molecule has 0 amide bonds. The Balaban J connectivity index is 2.76. The molecule has 5 nitrogen and oxygen atoms in total. The molecule has 0 saturated carbocycles. The summed E-state index contributed by atoms with van der Waals surface area (Å²) >= 11 is 0. The van der Waals surface area contributed by atoms with E-state index in [1.807, 2.05) is 0 Å². The maximum Gasteiger partial charge on any atom is 0.158 e. The minimum atomic E-state index is -0.388. The molecule has 0 bridgehead atoms. The van der Waals surface area contributed by atoms with Gasteiger partial charge in [0.2, 0.25) is 0 Å². The quantitative estimate of drug-likeness (QED) is 0.301. The number of ether oxygens (including phenoxy) is 1. The third kappa shape index (κ3) is 3.01. The summed E-state index contributed by atoms with van der Waals surface area (Å²) in [5.41, 5.74) is 5.84. The second-order valence-corrected chi connectivity index (χ2v) is 2.79. The van der Waals surface area contributed by atoms with Gasteiger partial charge in [-0.3, -0.25) is 0 Å². The second-order valence-electron chi connectivity index (χ2n) is 2.79. The van der Waals surface area contributed by atoms with Gasteiger partial charge in [-0.15, -0.1) is 0 Å². The zero-order valence-electron chi connectivity index (χ0n) is 8.20. The van der Waals surface area contributed by atoms with Crippen LogP contribution >= 0.6 is 0 Å². The molecular formula is C9H12FN3O2. The zero-order valence-corrected chi connectivity index (χ0v) is 8.20. The Morgan fingerprint density at radius 1 is 1.67 bits per heavy atom. The number of oxime groups is 1. The number of methoxy groups -OCH3 is 1. The summed E-state index contributed by atoms with van der Waals surface area (Å²) in [5, 5.41) is 13.9. The molecule has 0 aliphatic carbocycles. The first-order chi connectivity index (χ1) is 7.17. The molecule has 1 rings (SSSR count). The van der Waals surface area contributed by atoms with E-state index in [2.05, 4.69) is 10.5 Å². The third-order valence-electron chi connectivity index (χ3n) is 1.75. The van der Waals surface area contributed by atoms with E-state index in [0.29, 0.717) is 11.4 Å². The number of anilines is 1. The minimum Gasteiger partial charge on any atom is -0.494 e. The first-order valence-electron chi connectivity index (χ1n) is 4.21. The van der Waals surface area contributed by atoms with Crippen molar-refractivity contribution >= 4 is 11.5 Å². The van der Waals surface area contributed by atoms with Crippen molar-refractivity contribution in [3.63, 3.8) is 0 Å². The summed E-state index contributed by atoms with van der Waals surface area (Å²) in [7, 11) is 1.43. The topological polar surface area (TPSA) is 79.9 Å². The Labute approximate surface area is 86.3 Å². The number of nitrogens with two attached hydrogens (primary N) is 1. The van der Waals surface area contributed by atoms with E-state index < -0.39 is 0 Å². The fraction of sp³-hybridized carbons (Fsp3) is 0.222. The molecule has 0 unspecified atom stereocenters. The summed E-state index contributed by atoms with van der Waals surface area (Å²) in [6.45, 7) is 0.151. The number of nitrogens with one attached hydrogen (secondary N) is 1. The van der Waals surface area contributed by atoms with Gasteiger partial charge in [-0.25, -0.2) is 4.39 Å². The number of benzene rings is 1. The van der Waals surface area contributed by atoms with Crippen molar-refractivity contribution in [1.82, 2.24) is 0 Å². The van der Waals surface area contributed by atoms with Crippen LogP contribution in [0.25, 0.3) is 0 Å². The Morgan fingerprint density at radius 3 is 3.00 bits per heavy atom. The number of nitrogens with zero attached hydrogens (tertiary/aromatic N) is 1. The van der Waals surface area contributed by atoms with Gasteiger partial charge in [0, 0.05) is 6.07 Å². The Morgan fingerprint density at radius 2 is 2.40 bits per heavy atom. The van der Waals surface area contributed by atoms with Gasteiger partial charge in [0.15, 0.2) is 5.84 Å². The Kier molecular flexibility index (Phi) is 3.73. The highest BCUT2D eigenvalue weighted by atomic mass is 19.1. The highest BCUT2D eigenvalue weighted by molar-refractivity contribution is 5.84. The van der Waals surface area contributed by atoms with E-state index in [9.17, 15) is 4.39 Å². The second kappa shape index (κ2) is 5.04. The number of rotatable bonds is 4. The molecule has 0 aromatic heterocycles. The lowest BCUT2D eigenvalue weighted by Gasteiger charge is -2.10. The minimum absolute atomic E-state index is 0.0291. The standard InChI is InChI=1S/C9H12FN3O2/c1-15-8-4-6(10)2-3-7(8)12-5-9(11)13-14/h2-4,12,14H,5H2,1H3,(H2,11,13). The highest BCUT2D eigenvalue weighted by Gasteiger charge is 2.04. The van der Waals surface area contributed by atoms with Crippen molar-refractivity contribution in [2.75, 3.05) is 19.0 Å². The molecule has 1 aromatic rings. The van der Waals surface area contributed by atoms with Gasteiger partial charge >= 0.3 is 0 Å². The number of hydrogen-bond donors (Lipinski definition) is 3. The molecule has 0 fully saturated rings. The molecule has 4 N–H and O–H groups in total. The van der Waals surface area contributed by atoms with Crippen molar-refractivity contribution < 1.29 is 14.3 Å². The van der Waals surface area contributed by atoms with Gasteiger partial charge in [0.05, 0.1) is 19.3 Å². The molecule has 0 heterocycles. The maximum atomic E-state index is 12.8. The molecule has 0 atom stereocenters. The fourth-order valence-corrected chi connectivity index (χ4v) is 1.03. The average molecular weight is 213 g/mol. The van der Waals surface area contributed by atoms with Crippen molar-refractivity contribution in [2.45, 2.75) is 0 Å². The van der Waals surface area contributed by atoms with Gasteiger partial charge in [-0.2, -0.15) is 0 Å². The molecule has 15 heavy (non-hydrogen) atoms. The van der Waals surface area contributed by atoms with E-state index in [1.165, 1.54) is 25.3 Å². The summed E-state index contributed by atoms with van der Waals surface area (Å²) in [4.78, 5) is 0. The molecular weight excluding hydrogens is 201 g/mol. The van der Waals surface area contributed by atoms with Crippen LogP contribution in [0.1, 0.15) is 0 Å². The number of halogens is 1. The fourth-order valence-electron chi connectivity index (χ4n) is 1.03. The molecule has 1 aromatic carbocycles. The molecule has 82 valence electrons. The molecule has 0 aliphatic heterocycles. The Hall–Kier alpha value is -1.98. The van der Waals surface area contributed by atoms with Gasteiger partial charge in [0.25, 0.3) is 0 Å². The highest BCUT2D eigenvalue weighted by Crippen LogP contribution is 2.24. The van der Waals surface area contributed by atoms with Gasteiger partial charge in [-0.1, -0.05) is 5.16 Å². The lowest BCUT2D eigenvalue weighted by atomic mass is 10.3. The first-order valence-corrected chi connectivity index (χ1v) is 4.21. The van der Waals surface area contributed by atoms with Gasteiger partial charge < -0.3 is 21.0 Å². The molecule has 0 aliphatic rings. The SMILES string of the molecule is COc1cc(F)ccc1NCC(N)=NO. The van der Waals surface area contributed by atoms with Crippen LogP contribution < -0.4 is 15.8 Å². The van der Waals surface area contributed by atoms with E-state index in [-0.39, 0.29) is 18.2 Å². The maximum absolute atomic E-state index is 12.8. The first kappa shape index (κ1) is 11.1. The molecule has 6 heteroatoms. The van der Waals surface area contributed by atoms with E-state index in [4.69, 9.17) is 15.7 Å². The van der Waals surface area contributed by atoms with Crippen LogP contribution in [0.15, 0.2) is 23.4 Å². The van der Waals surface area contributed by atoms with Crippen molar-refractivity contribution in [3.05, 3.63) is 24.0 Å². The molecule has 0 saturated heterocycles. The number of hydrogen-bond acceptors (Lipinski definition) is 4. The van der Waals surface area contributed by atoms with Crippen LogP contribution in [0.5, 0.6) is 5.75 Å². The van der Waals surface area contributed by atoms with Crippen molar-refractivity contribution in [3.8, 4) is 5.75 Å². The molecule has 0 radical (unpaired) electrons. The number of amidine groups is 1. The largest absolute Gasteiger partial charge is 0.494 e. The zero-order chi connectivity index (χ0) is 11.3. The predicted molar refractivity (Wildman–Crippen MR) is 54.9 cm³/mol. The molecule has 0 spiro atoms. The van der Waals surface area contributed by atoms with Crippen LogP contribution in [0.2, 0.25) is 0 Å². The average Bonchev–Trinajstić information content (AvgIpc) is 2.26. The summed E-state index contributed by atoms with van der Waals surface area (Å²) in [6, 6.07) is 4.05. The van der Waals surface area contributed by atoms with Gasteiger partial charge in [-0.05, 0) is 12.1 Å². The van der Waals surface area contributed by atoms with E-state index in [1.54, 1.807) is 0 Å². The Bertz CT molecular complexity index is 368. The summed E-state index contributed by atoms with van der Waals surface area (Å²) in [6.07, 6.45) is 0. The predicted octanol–water partition coefficient (Wildman–Crippen LogP) is 0.993. The van der Waals surface area contributed by atoms with Crippen molar-refractivity contribution in [2.24, 2.45) is 10.9 Å². The lowest BCUT2D eigenvalue weighted by Crippen LogP contribution is -2.22.